The van der Waals surface area contributed by atoms with Crippen molar-refractivity contribution in [3.05, 3.63) is 53.3 Å². The molecule has 1 saturated carbocycles. The van der Waals surface area contributed by atoms with Crippen molar-refractivity contribution in [2.45, 2.75) is 25.3 Å². The third-order valence-electron chi connectivity index (χ3n) is 6.79. The molecule has 3 aliphatic rings. The number of benzene rings is 1. The number of aromatic nitrogens is 1. The summed E-state index contributed by atoms with van der Waals surface area (Å²) in [7, 11) is 0. The standard InChI is InChI=1S/C27H26FN5O4S/c28-19-9-18(32-27(36)31-17-2-3-17)4-6-22(19)37-23-7-8-29-21-10-24(38-25(21)23)20-5-1-15(11-30-20)12-33-13-16(14-33)26(34)35/h4-11,15-17H,1-3,12-14H2,(H,34,35)(H2,31,32,36). The molecule has 1 unspecified atom stereocenters. The number of halogens is 1. The first kappa shape index (κ1) is 24.5. The highest BCUT2D eigenvalue weighted by Gasteiger charge is 2.33. The Hall–Kier alpha value is -3.83. The third-order valence-corrected chi connectivity index (χ3v) is 7.95. The molecule has 4 heterocycles. The lowest BCUT2D eigenvalue weighted by molar-refractivity contribution is -0.147. The molecule has 2 amide bonds. The lowest BCUT2D eigenvalue weighted by Gasteiger charge is -2.38. The van der Waals surface area contributed by atoms with Gasteiger partial charge in [-0.25, -0.2) is 9.18 Å². The molecule has 2 fully saturated rings. The normalized spacial score (nSPS) is 19.6. The van der Waals surface area contributed by atoms with Crippen LogP contribution in [0.4, 0.5) is 14.9 Å². The van der Waals surface area contributed by atoms with Crippen molar-refractivity contribution in [2.75, 3.05) is 25.0 Å². The number of anilines is 1. The van der Waals surface area contributed by atoms with Crippen molar-refractivity contribution in [3.8, 4) is 11.5 Å². The van der Waals surface area contributed by atoms with Gasteiger partial charge in [0, 0.05) is 61.8 Å². The maximum Gasteiger partial charge on any atom is 0.319 e. The lowest BCUT2D eigenvalue weighted by Crippen LogP contribution is -2.52. The molecular weight excluding hydrogens is 509 g/mol. The quantitative estimate of drug-likeness (QED) is 0.376. The molecule has 3 aromatic rings. The van der Waals surface area contributed by atoms with E-state index >= 15 is 0 Å². The van der Waals surface area contributed by atoms with E-state index in [9.17, 15) is 14.0 Å². The summed E-state index contributed by atoms with van der Waals surface area (Å²) in [5.41, 5.74) is 1.94. The van der Waals surface area contributed by atoms with Gasteiger partial charge in [0.2, 0.25) is 0 Å². The number of aliphatic carboxylic acids is 1. The van der Waals surface area contributed by atoms with Crippen molar-refractivity contribution in [3.63, 3.8) is 0 Å². The van der Waals surface area contributed by atoms with Gasteiger partial charge in [0.05, 0.1) is 26.7 Å². The largest absolute Gasteiger partial charge is 0.481 e. The predicted molar refractivity (Wildman–Crippen MR) is 143 cm³/mol. The highest BCUT2D eigenvalue weighted by atomic mass is 32.1. The Balaban J connectivity index is 1.11. The maximum atomic E-state index is 14.8. The molecule has 0 bridgehead atoms. The average molecular weight is 536 g/mol. The molecule has 3 N–H and O–H groups in total. The van der Waals surface area contributed by atoms with Crippen LogP contribution in [-0.2, 0) is 4.79 Å². The topological polar surface area (TPSA) is 116 Å². The van der Waals surface area contributed by atoms with Gasteiger partial charge in [-0.1, -0.05) is 6.08 Å². The number of carbonyl (C=O) groups is 2. The summed E-state index contributed by atoms with van der Waals surface area (Å²) in [4.78, 5) is 35.1. The molecule has 1 aromatic carbocycles. The van der Waals surface area contributed by atoms with Crippen molar-refractivity contribution in [2.24, 2.45) is 16.8 Å². The second kappa shape index (κ2) is 10.1. The number of thiophene rings is 1. The number of pyridine rings is 1. The van der Waals surface area contributed by atoms with E-state index in [4.69, 9.17) is 9.84 Å². The Morgan fingerprint density at radius 2 is 2.03 bits per heavy atom. The van der Waals surface area contributed by atoms with E-state index in [2.05, 4.69) is 31.6 Å². The van der Waals surface area contributed by atoms with Crippen LogP contribution in [0.15, 0.2) is 47.6 Å². The Bertz CT molecular complexity index is 1460. The summed E-state index contributed by atoms with van der Waals surface area (Å²) in [6.07, 6.45) is 8.42. The summed E-state index contributed by atoms with van der Waals surface area (Å²) in [6.45, 7) is 1.99. The smallest absolute Gasteiger partial charge is 0.319 e. The molecule has 1 aliphatic carbocycles. The number of ether oxygens (including phenoxy) is 1. The molecule has 11 heteroatoms. The molecule has 196 valence electrons. The fourth-order valence-corrected chi connectivity index (χ4v) is 5.59. The summed E-state index contributed by atoms with van der Waals surface area (Å²) in [6, 6.07) is 7.84. The van der Waals surface area contributed by atoms with Crippen LogP contribution in [0.1, 0.15) is 24.1 Å². The van der Waals surface area contributed by atoms with Crippen LogP contribution >= 0.6 is 11.3 Å². The van der Waals surface area contributed by atoms with Crippen molar-refractivity contribution >= 4 is 51.2 Å². The van der Waals surface area contributed by atoms with E-state index in [1.54, 1.807) is 18.3 Å². The van der Waals surface area contributed by atoms with Gasteiger partial charge >= 0.3 is 12.0 Å². The zero-order chi connectivity index (χ0) is 26.2. The summed E-state index contributed by atoms with van der Waals surface area (Å²) < 4.78 is 21.5. The van der Waals surface area contributed by atoms with Gasteiger partial charge < -0.3 is 25.4 Å². The van der Waals surface area contributed by atoms with Crippen LogP contribution in [0.5, 0.6) is 11.5 Å². The van der Waals surface area contributed by atoms with Gasteiger partial charge in [0.25, 0.3) is 0 Å². The molecule has 1 saturated heterocycles. The number of likely N-dealkylation sites (tertiary alicyclic amines) is 1. The van der Waals surface area contributed by atoms with Gasteiger partial charge in [-0.15, -0.1) is 11.3 Å². The van der Waals surface area contributed by atoms with Crippen LogP contribution in [0.25, 0.3) is 15.9 Å². The van der Waals surface area contributed by atoms with Gasteiger partial charge in [-0.05, 0) is 37.5 Å². The van der Waals surface area contributed by atoms with Crippen molar-refractivity contribution in [1.82, 2.24) is 15.2 Å². The molecule has 9 nitrogen and oxygen atoms in total. The highest BCUT2D eigenvalue weighted by molar-refractivity contribution is 7.20. The molecule has 2 aromatic heterocycles. The Morgan fingerprint density at radius 1 is 1.18 bits per heavy atom. The predicted octanol–water partition coefficient (Wildman–Crippen LogP) is 4.96. The Kier molecular flexibility index (Phi) is 6.54. The maximum absolute atomic E-state index is 14.8. The number of urea groups is 1. The van der Waals surface area contributed by atoms with Crippen LogP contribution in [0, 0.1) is 17.7 Å². The van der Waals surface area contributed by atoms with Crippen molar-refractivity contribution < 1.29 is 23.8 Å². The lowest BCUT2D eigenvalue weighted by atomic mass is 9.96. The number of allylic oxidation sites excluding steroid dienone is 1. The molecule has 0 radical (unpaired) electrons. The molecular formula is C27H26FN5O4S. The number of nitrogens with one attached hydrogen (secondary N) is 2. The minimum Gasteiger partial charge on any atom is -0.481 e. The summed E-state index contributed by atoms with van der Waals surface area (Å²) >= 11 is 1.48. The van der Waals surface area contributed by atoms with E-state index in [1.807, 2.05) is 12.3 Å². The van der Waals surface area contributed by atoms with Crippen LogP contribution in [0.2, 0.25) is 0 Å². The number of carboxylic acids is 1. The second-order valence-electron chi connectivity index (χ2n) is 9.87. The Labute approximate surface area is 222 Å². The molecule has 6 rings (SSSR count). The molecule has 1 atom stereocenters. The van der Waals surface area contributed by atoms with Gasteiger partial charge in [0.15, 0.2) is 11.6 Å². The van der Waals surface area contributed by atoms with Gasteiger partial charge in [0.1, 0.15) is 5.75 Å². The molecule has 38 heavy (non-hydrogen) atoms. The van der Waals surface area contributed by atoms with Crippen LogP contribution in [0.3, 0.4) is 0 Å². The third kappa shape index (κ3) is 5.39. The highest BCUT2D eigenvalue weighted by Crippen LogP contribution is 2.39. The number of aliphatic imine (C=N–C) groups is 1. The van der Waals surface area contributed by atoms with Gasteiger partial charge in [-0.3, -0.25) is 14.8 Å². The first-order chi connectivity index (χ1) is 18.4. The fraction of sp³-hybridized carbons (Fsp3) is 0.333. The van der Waals surface area contributed by atoms with E-state index in [0.717, 1.165) is 46.6 Å². The van der Waals surface area contributed by atoms with Crippen molar-refractivity contribution in [1.29, 1.82) is 0 Å². The number of hydrogen-bond donors (Lipinski definition) is 3. The second-order valence-corrected chi connectivity index (χ2v) is 10.9. The monoisotopic (exact) mass is 535 g/mol. The number of carbonyl (C=O) groups excluding carboxylic acids is 1. The first-order valence-corrected chi connectivity index (χ1v) is 13.4. The van der Waals surface area contributed by atoms with E-state index < -0.39 is 11.8 Å². The van der Waals surface area contributed by atoms with E-state index in [-0.39, 0.29) is 29.7 Å². The van der Waals surface area contributed by atoms with Gasteiger partial charge in [-0.2, -0.15) is 0 Å². The number of fused-ring (bicyclic) bond motifs is 1. The number of amides is 2. The van der Waals surface area contributed by atoms with E-state index in [0.29, 0.717) is 24.5 Å². The number of carboxylic acid groups (broad SMARTS) is 1. The first-order valence-electron chi connectivity index (χ1n) is 12.5. The average Bonchev–Trinajstić information content (AvgIpc) is 3.56. The van der Waals surface area contributed by atoms with E-state index in [1.165, 1.54) is 23.5 Å². The number of nitrogens with zero attached hydrogens (tertiary/aromatic N) is 3. The number of hydrogen-bond acceptors (Lipinski definition) is 7. The minimum atomic E-state index is -0.729. The summed E-state index contributed by atoms with van der Waals surface area (Å²) in [5, 5.41) is 14.5. The van der Waals surface area contributed by atoms with Crippen LogP contribution in [-0.4, -0.2) is 58.9 Å². The zero-order valence-electron chi connectivity index (χ0n) is 20.4. The molecule has 2 aliphatic heterocycles. The summed E-state index contributed by atoms with van der Waals surface area (Å²) in [5.74, 6) is -0.785. The minimum absolute atomic E-state index is 0.0504. The molecule has 0 spiro atoms. The van der Waals surface area contributed by atoms with Crippen LogP contribution < -0.4 is 15.4 Å². The number of rotatable bonds is 8. The zero-order valence-corrected chi connectivity index (χ0v) is 21.2. The Morgan fingerprint density at radius 3 is 2.74 bits per heavy atom. The SMILES string of the molecule is O=C(Nc1ccc(Oc2ccnc3cc(C4=CCC(CN5CC(C(=O)O)C5)C=N4)sc23)c(F)c1)NC1CC1. The fourth-order valence-electron chi connectivity index (χ4n) is 4.54.